The van der Waals surface area contributed by atoms with Crippen LogP contribution < -0.4 is 0 Å². The normalized spacial score (nSPS) is 10.0. The van der Waals surface area contributed by atoms with Crippen LogP contribution in [0.4, 0.5) is 4.39 Å². The molecule has 1 aromatic heterocycles. The maximum atomic E-state index is 11.6. The molecule has 0 fully saturated rings. The first-order valence-corrected chi connectivity index (χ1v) is 3.36. The number of nitrogens with zero attached hydrogens (tertiary/aromatic N) is 2. The molecule has 0 amide bonds. The fourth-order valence-corrected chi connectivity index (χ4v) is 0.875. The number of hydrogen-bond acceptors (Lipinski definition) is 1. The van der Waals surface area contributed by atoms with Crippen LogP contribution in [0.5, 0.6) is 0 Å². The van der Waals surface area contributed by atoms with E-state index < -0.39 is 0 Å². The molecule has 1 heterocycles. The Morgan fingerprint density at radius 2 is 2.56 bits per heavy atom. The summed E-state index contributed by atoms with van der Waals surface area (Å²) in [6.45, 7) is -0.0281. The number of halogens is 2. The highest BCUT2D eigenvalue weighted by Crippen LogP contribution is 2.05. The molecule has 0 aliphatic heterocycles. The van der Waals surface area contributed by atoms with Crippen molar-refractivity contribution in [3.63, 3.8) is 0 Å². The lowest BCUT2D eigenvalue weighted by molar-refractivity contribution is 0.427. The van der Waals surface area contributed by atoms with E-state index in [1.807, 2.05) is 0 Å². The molecule has 4 heteroatoms. The fourth-order valence-electron chi connectivity index (χ4n) is 0.547. The van der Waals surface area contributed by atoms with Gasteiger partial charge in [-0.2, -0.15) is 5.10 Å². The van der Waals surface area contributed by atoms with E-state index >= 15 is 0 Å². The standard InChI is InChI=1S/C5H6BrFN2/c6-5-3-8-9(4-5)2-1-7/h3-4H,1-2H2. The van der Waals surface area contributed by atoms with Crippen LogP contribution in [0.2, 0.25) is 0 Å². The third-order valence-corrected chi connectivity index (χ3v) is 1.32. The lowest BCUT2D eigenvalue weighted by Gasteiger charge is -1.91. The van der Waals surface area contributed by atoms with Gasteiger partial charge in [0.05, 0.1) is 17.2 Å². The van der Waals surface area contributed by atoms with Crippen LogP contribution >= 0.6 is 15.9 Å². The summed E-state index contributed by atoms with van der Waals surface area (Å²) in [7, 11) is 0. The van der Waals surface area contributed by atoms with Crippen LogP contribution in [0, 0.1) is 0 Å². The van der Waals surface area contributed by atoms with E-state index in [1.165, 1.54) is 0 Å². The molecule has 0 unspecified atom stereocenters. The maximum absolute atomic E-state index is 11.6. The number of aromatic nitrogens is 2. The first-order chi connectivity index (χ1) is 4.33. The summed E-state index contributed by atoms with van der Waals surface area (Å²) < 4.78 is 14.0. The largest absolute Gasteiger partial charge is 0.269 e. The third kappa shape index (κ3) is 1.78. The molecule has 0 bridgehead atoms. The Kier molecular flexibility index (Phi) is 2.22. The van der Waals surface area contributed by atoms with Crippen molar-refractivity contribution in [1.82, 2.24) is 9.78 Å². The smallest absolute Gasteiger partial charge is 0.109 e. The van der Waals surface area contributed by atoms with Crippen molar-refractivity contribution in [3.8, 4) is 0 Å². The Balaban J connectivity index is 2.61. The second-order valence-corrected chi connectivity index (χ2v) is 2.53. The predicted molar refractivity (Wildman–Crippen MR) is 35.9 cm³/mol. The predicted octanol–water partition coefficient (Wildman–Crippen LogP) is 1.62. The molecule has 0 aromatic carbocycles. The zero-order chi connectivity index (χ0) is 6.69. The molecular formula is C5H6BrFN2. The molecule has 9 heavy (non-hydrogen) atoms. The molecule has 0 aliphatic carbocycles. The average Bonchev–Trinajstić information content (AvgIpc) is 2.17. The third-order valence-electron chi connectivity index (χ3n) is 0.915. The SMILES string of the molecule is FCCn1cc(Br)cn1. The van der Waals surface area contributed by atoms with Crippen LogP contribution in [0.3, 0.4) is 0 Å². The highest BCUT2D eigenvalue weighted by atomic mass is 79.9. The van der Waals surface area contributed by atoms with Crippen molar-refractivity contribution in [2.75, 3.05) is 6.67 Å². The molecule has 0 spiro atoms. The Morgan fingerprint density at radius 3 is 3.00 bits per heavy atom. The van der Waals surface area contributed by atoms with Gasteiger partial charge in [-0.3, -0.25) is 4.68 Å². The molecule has 0 atom stereocenters. The monoisotopic (exact) mass is 192 g/mol. The topological polar surface area (TPSA) is 17.8 Å². The van der Waals surface area contributed by atoms with Gasteiger partial charge in [0.2, 0.25) is 0 Å². The van der Waals surface area contributed by atoms with E-state index in [9.17, 15) is 4.39 Å². The second-order valence-electron chi connectivity index (χ2n) is 1.61. The second kappa shape index (κ2) is 2.96. The van der Waals surface area contributed by atoms with Crippen molar-refractivity contribution in [3.05, 3.63) is 16.9 Å². The summed E-state index contributed by atoms with van der Waals surface area (Å²) >= 11 is 3.20. The summed E-state index contributed by atoms with van der Waals surface area (Å²) in [6, 6.07) is 0. The minimum atomic E-state index is -0.367. The van der Waals surface area contributed by atoms with E-state index in [0.717, 1.165) is 4.47 Å². The van der Waals surface area contributed by atoms with Gasteiger partial charge in [-0.1, -0.05) is 0 Å². The minimum Gasteiger partial charge on any atom is -0.269 e. The van der Waals surface area contributed by atoms with E-state index in [2.05, 4.69) is 21.0 Å². The first kappa shape index (κ1) is 6.74. The van der Waals surface area contributed by atoms with Crippen molar-refractivity contribution < 1.29 is 4.39 Å². The van der Waals surface area contributed by atoms with Gasteiger partial charge < -0.3 is 0 Å². The molecule has 0 saturated carbocycles. The molecule has 1 rings (SSSR count). The van der Waals surface area contributed by atoms with Gasteiger partial charge in [-0.15, -0.1) is 0 Å². The molecule has 50 valence electrons. The highest BCUT2D eigenvalue weighted by Gasteiger charge is 1.91. The van der Waals surface area contributed by atoms with Crippen molar-refractivity contribution >= 4 is 15.9 Å². The number of aryl methyl sites for hydroxylation is 1. The lowest BCUT2D eigenvalue weighted by Crippen LogP contribution is -1.98. The summed E-state index contributed by atoms with van der Waals surface area (Å²) in [5.74, 6) is 0. The Labute approximate surface area is 60.8 Å². The minimum absolute atomic E-state index is 0.339. The van der Waals surface area contributed by atoms with Gasteiger partial charge in [0.1, 0.15) is 6.67 Å². The number of rotatable bonds is 2. The first-order valence-electron chi connectivity index (χ1n) is 2.57. The molecule has 0 saturated heterocycles. The summed E-state index contributed by atoms with van der Waals surface area (Å²) in [5.41, 5.74) is 0. The van der Waals surface area contributed by atoms with Gasteiger partial charge >= 0.3 is 0 Å². The van der Waals surface area contributed by atoms with E-state index in [0.29, 0.717) is 6.54 Å². The Hall–Kier alpha value is -0.380. The van der Waals surface area contributed by atoms with Crippen LogP contribution in [0.15, 0.2) is 16.9 Å². The average molecular weight is 193 g/mol. The fraction of sp³-hybridized carbons (Fsp3) is 0.400. The molecule has 2 nitrogen and oxygen atoms in total. The molecule has 0 N–H and O–H groups in total. The van der Waals surface area contributed by atoms with Crippen molar-refractivity contribution in [2.24, 2.45) is 0 Å². The number of hydrogen-bond donors (Lipinski definition) is 0. The van der Waals surface area contributed by atoms with E-state index in [-0.39, 0.29) is 6.67 Å². The Bertz CT molecular complexity index is 187. The molecule has 0 radical (unpaired) electrons. The molecule has 0 aliphatic rings. The number of alkyl halides is 1. The van der Waals surface area contributed by atoms with Gasteiger partial charge in [0.25, 0.3) is 0 Å². The van der Waals surface area contributed by atoms with Gasteiger partial charge in [0, 0.05) is 6.20 Å². The zero-order valence-corrected chi connectivity index (χ0v) is 6.31. The van der Waals surface area contributed by atoms with Crippen LogP contribution in [0.25, 0.3) is 0 Å². The summed E-state index contributed by atoms with van der Waals surface area (Å²) in [6.07, 6.45) is 3.37. The van der Waals surface area contributed by atoms with Gasteiger partial charge in [-0.25, -0.2) is 4.39 Å². The summed E-state index contributed by atoms with van der Waals surface area (Å²) in [4.78, 5) is 0. The van der Waals surface area contributed by atoms with E-state index in [4.69, 9.17) is 0 Å². The van der Waals surface area contributed by atoms with Crippen LogP contribution in [-0.2, 0) is 6.54 Å². The Morgan fingerprint density at radius 1 is 1.78 bits per heavy atom. The zero-order valence-electron chi connectivity index (χ0n) is 4.72. The van der Waals surface area contributed by atoms with E-state index in [1.54, 1.807) is 17.1 Å². The van der Waals surface area contributed by atoms with Crippen molar-refractivity contribution in [2.45, 2.75) is 6.54 Å². The quantitative estimate of drug-likeness (QED) is 0.697. The van der Waals surface area contributed by atoms with Crippen LogP contribution in [-0.4, -0.2) is 16.5 Å². The van der Waals surface area contributed by atoms with Crippen LogP contribution in [0.1, 0.15) is 0 Å². The highest BCUT2D eigenvalue weighted by molar-refractivity contribution is 9.10. The van der Waals surface area contributed by atoms with Crippen molar-refractivity contribution in [1.29, 1.82) is 0 Å². The molecule has 1 aromatic rings. The van der Waals surface area contributed by atoms with Gasteiger partial charge in [-0.05, 0) is 15.9 Å². The lowest BCUT2D eigenvalue weighted by atomic mass is 10.7. The summed E-state index contributed by atoms with van der Waals surface area (Å²) in [5, 5.41) is 3.84. The maximum Gasteiger partial charge on any atom is 0.109 e. The molecular weight excluding hydrogens is 187 g/mol. The van der Waals surface area contributed by atoms with Gasteiger partial charge in [0.15, 0.2) is 0 Å².